The third-order valence-electron chi connectivity index (χ3n) is 4.49. The highest BCUT2D eigenvalue weighted by Crippen LogP contribution is 2.39. The first-order valence-electron chi connectivity index (χ1n) is 7.60. The Bertz CT molecular complexity index is 482. The molecule has 1 heterocycles. The van der Waals surface area contributed by atoms with Gasteiger partial charge in [-0.2, -0.15) is 0 Å². The average molecular weight is 293 g/mol. The Balaban J connectivity index is 2.10. The van der Waals surface area contributed by atoms with Crippen LogP contribution >= 0.6 is 0 Å². The molecule has 5 nitrogen and oxygen atoms in total. The second-order valence-corrected chi connectivity index (χ2v) is 5.73. The van der Waals surface area contributed by atoms with E-state index in [1.54, 1.807) is 17.2 Å². The minimum atomic E-state index is -0.849. The third-order valence-corrected chi connectivity index (χ3v) is 4.49. The van der Waals surface area contributed by atoms with E-state index in [9.17, 15) is 14.7 Å². The number of rotatable bonds is 6. The van der Waals surface area contributed by atoms with Crippen LogP contribution in [0, 0.1) is 17.8 Å². The third kappa shape index (κ3) is 3.46. The molecule has 2 rings (SSSR count). The summed E-state index contributed by atoms with van der Waals surface area (Å²) < 4.78 is 5.29. The van der Waals surface area contributed by atoms with Gasteiger partial charge in [0.05, 0.1) is 24.6 Å². The van der Waals surface area contributed by atoms with Crippen molar-refractivity contribution >= 4 is 11.9 Å². The summed E-state index contributed by atoms with van der Waals surface area (Å²) in [6, 6.07) is 3.62. The first kappa shape index (κ1) is 15.6. The van der Waals surface area contributed by atoms with E-state index < -0.39 is 17.8 Å². The SMILES string of the molecule is CCC1CC(C(=O)O)C(C(=O)N(CC)Cc2ccco2)C1. The van der Waals surface area contributed by atoms with Crippen LogP contribution in [0.4, 0.5) is 0 Å². The minimum absolute atomic E-state index is 0.0581. The maximum absolute atomic E-state index is 12.7. The van der Waals surface area contributed by atoms with E-state index in [1.807, 2.05) is 13.0 Å². The van der Waals surface area contributed by atoms with E-state index >= 15 is 0 Å². The average Bonchev–Trinajstić information content (AvgIpc) is 3.12. The van der Waals surface area contributed by atoms with Gasteiger partial charge in [0.25, 0.3) is 0 Å². The molecule has 0 radical (unpaired) electrons. The number of aliphatic carboxylic acids is 1. The van der Waals surface area contributed by atoms with Gasteiger partial charge in [0, 0.05) is 6.54 Å². The molecule has 3 atom stereocenters. The molecule has 5 heteroatoms. The molecule has 0 aliphatic heterocycles. The van der Waals surface area contributed by atoms with Gasteiger partial charge in [-0.25, -0.2) is 0 Å². The van der Waals surface area contributed by atoms with Crippen LogP contribution in [-0.2, 0) is 16.1 Å². The minimum Gasteiger partial charge on any atom is -0.481 e. The summed E-state index contributed by atoms with van der Waals surface area (Å²) >= 11 is 0. The van der Waals surface area contributed by atoms with Crippen molar-refractivity contribution in [2.24, 2.45) is 17.8 Å². The largest absolute Gasteiger partial charge is 0.481 e. The second kappa shape index (κ2) is 6.78. The monoisotopic (exact) mass is 293 g/mol. The molecule has 1 aliphatic carbocycles. The van der Waals surface area contributed by atoms with E-state index in [2.05, 4.69) is 6.92 Å². The van der Waals surface area contributed by atoms with Crippen molar-refractivity contribution in [2.75, 3.05) is 6.54 Å². The summed E-state index contributed by atoms with van der Waals surface area (Å²) in [5.74, 6) is -0.796. The lowest BCUT2D eigenvalue weighted by Gasteiger charge is -2.25. The van der Waals surface area contributed by atoms with E-state index in [1.165, 1.54) is 0 Å². The zero-order chi connectivity index (χ0) is 15.4. The molecule has 1 amide bonds. The summed E-state index contributed by atoms with van der Waals surface area (Å²) in [7, 11) is 0. The van der Waals surface area contributed by atoms with Gasteiger partial charge in [-0.15, -0.1) is 0 Å². The smallest absolute Gasteiger partial charge is 0.307 e. The van der Waals surface area contributed by atoms with Gasteiger partial charge in [-0.1, -0.05) is 13.3 Å². The van der Waals surface area contributed by atoms with Crippen LogP contribution in [0.25, 0.3) is 0 Å². The number of furan rings is 1. The fourth-order valence-electron chi connectivity index (χ4n) is 3.19. The summed E-state index contributed by atoms with van der Waals surface area (Å²) in [5, 5.41) is 9.37. The highest BCUT2D eigenvalue weighted by atomic mass is 16.4. The number of carboxylic acid groups (broad SMARTS) is 1. The molecule has 1 N–H and O–H groups in total. The maximum Gasteiger partial charge on any atom is 0.307 e. The highest BCUT2D eigenvalue weighted by Gasteiger charge is 2.43. The van der Waals surface area contributed by atoms with Crippen LogP contribution in [0.1, 0.15) is 38.9 Å². The molecule has 1 fully saturated rings. The molecule has 1 aliphatic rings. The van der Waals surface area contributed by atoms with Gasteiger partial charge in [0.1, 0.15) is 5.76 Å². The molecule has 1 aromatic heterocycles. The number of carbonyl (C=O) groups is 2. The first-order chi connectivity index (χ1) is 10.1. The number of amides is 1. The van der Waals surface area contributed by atoms with Crippen LogP contribution in [0.2, 0.25) is 0 Å². The summed E-state index contributed by atoms with van der Waals surface area (Å²) in [5.41, 5.74) is 0. The zero-order valence-corrected chi connectivity index (χ0v) is 12.6. The normalized spacial score (nSPS) is 25.0. The molecule has 116 valence electrons. The number of carboxylic acids is 1. The van der Waals surface area contributed by atoms with E-state index in [4.69, 9.17) is 4.42 Å². The fraction of sp³-hybridized carbons (Fsp3) is 0.625. The predicted octanol–water partition coefficient (Wildman–Crippen LogP) is 2.77. The van der Waals surface area contributed by atoms with E-state index in [-0.39, 0.29) is 5.91 Å². The van der Waals surface area contributed by atoms with Crippen molar-refractivity contribution < 1.29 is 19.1 Å². The van der Waals surface area contributed by atoms with Crippen molar-refractivity contribution in [3.8, 4) is 0 Å². The summed E-state index contributed by atoms with van der Waals surface area (Å²) in [6.07, 6.45) is 3.80. The Labute approximate surface area is 124 Å². The van der Waals surface area contributed by atoms with Crippen molar-refractivity contribution in [1.29, 1.82) is 0 Å². The second-order valence-electron chi connectivity index (χ2n) is 5.73. The van der Waals surface area contributed by atoms with Gasteiger partial charge in [-0.3, -0.25) is 9.59 Å². The van der Waals surface area contributed by atoms with Gasteiger partial charge in [0.2, 0.25) is 5.91 Å². The van der Waals surface area contributed by atoms with E-state index in [0.29, 0.717) is 31.8 Å². The van der Waals surface area contributed by atoms with Crippen LogP contribution in [0.3, 0.4) is 0 Å². The van der Waals surface area contributed by atoms with Crippen LogP contribution in [0.5, 0.6) is 0 Å². The summed E-state index contributed by atoms with van der Waals surface area (Å²) in [6.45, 7) is 4.92. The molecule has 21 heavy (non-hydrogen) atoms. The lowest BCUT2D eigenvalue weighted by atomic mass is 9.94. The topological polar surface area (TPSA) is 70.8 Å². The molecule has 0 bridgehead atoms. The Hall–Kier alpha value is -1.78. The Morgan fingerprint density at radius 1 is 1.33 bits per heavy atom. The lowest BCUT2D eigenvalue weighted by molar-refractivity contribution is -0.149. The molecule has 1 aromatic rings. The van der Waals surface area contributed by atoms with Crippen molar-refractivity contribution in [1.82, 2.24) is 4.90 Å². The van der Waals surface area contributed by atoms with Crippen molar-refractivity contribution in [2.45, 2.75) is 39.7 Å². The lowest BCUT2D eigenvalue weighted by Crippen LogP contribution is -2.38. The fourth-order valence-corrected chi connectivity index (χ4v) is 3.19. The Morgan fingerprint density at radius 2 is 2.05 bits per heavy atom. The first-order valence-corrected chi connectivity index (χ1v) is 7.60. The Kier molecular flexibility index (Phi) is 5.04. The van der Waals surface area contributed by atoms with Crippen molar-refractivity contribution in [3.63, 3.8) is 0 Å². The molecular formula is C16H23NO4. The number of hydrogen-bond donors (Lipinski definition) is 1. The molecular weight excluding hydrogens is 270 g/mol. The highest BCUT2D eigenvalue weighted by molar-refractivity contribution is 5.85. The summed E-state index contributed by atoms with van der Waals surface area (Å²) in [4.78, 5) is 25.8. The number of hydrogen-bond acceptors (Lipinski definition) is 3. The maximum atomic E-state index is 12.7. The molecule has 0 aromatic carbocycles. The zero-order valence-electron chi connectivity index (χ0n) is 12.6. The van der Waals surface area contributed by atoms with Gasteiger partial charge >= 0.3 is 5.97 Å². The number of nitrogens with zero attached hydrogens (tertiary/aromatic N) is 1. The van der Waals surface area contributed by atoms with Gasteiger partial charge < -0.3 is 14.4 Å². The number of carbonyl (C=O) groups excluding carboxylic acids is 1. The quantitative estimate of drug-likeness (QED) is 0.875. The predicted molar refractivity (Wildman–Crippen MR) is 77.4 cm³/mol. The van der Waals surface area contributed by atoms with Crippen LogP contribution < -0.4 is 0 Å². The van der Waals surface area contributed by atoms with Crippen molar-refractivity contribution in [3.05, 3.63) is 24.2 Å². The van der Waals surface area contributed by atoms with E-state index in [0.717, 1.165) is 12.2 Å². The Morgan fingerprint density at radius 3 is 2.57 bits per heavy atom. The van der Waals surface area contributed by atoms with Crippen LogP contribution in [0.15, 0.2) is 22.8 Å². The standard InChI is InChI=1S/C16H23NO4/c1-3-11-8-13(14(9-11)16(19)20)15(18)17(4-2)10-12-6-5-7-21-12/h5-7,11,13-14H,3-4,8-10H2,1-2H3,(H,19,20). The molecule has 3 unspecified atom stereocenters. The molecule has 1 saturated carbocycles. The van der Waals surface area contributed by atoms with Gasteiger partial charge in [-0.05, 0) is 37.8 Å². The van der Waals surface area contributed by atoms with Crippen LogP contribution in [-0.4, -0.2) is 28.4 Å². The van der Waals surface area contributed by atoms with Gasteiger partial charge in [0.15, 0.2) is 0 Å². The molecule has 0 saturated heterocycles. The molecule has 0 spiro atoms.